The molecule has 2 aromatic rings. The highest BCUT2D eigenvalue weighted by molar-refractivity contribution is 9.10. The minimum Gasteiger partial charge on any atom is -0.390 e. The monoisotopic (exact) mass is 309 g/mol. The Morgan fingerprint density at radius 3 is 3.00 bits per heavy atom. The van der Waals surface area contributed by atoms with E-state index >= 15 is 0 Å². The normalized spacial score (nSPS) is 12.6. The molecule has 18 heavy (non-hydrogen) atoms. The van der Waals surface area contributed by atoms with Crippen LogP contribution in [0.1, 0.15) is 5.56 Å². The summed E-state index contributed by atoms with van der Waals surface area (Å²) in [5.74, 6) is 0. The summed E-state index contributed by atoms with van der Waals surface area (Å²) in [6, 6.07) is 9.96. The molecule has 1 aromatic carbocycles. The molecule has 0 aliphatic heterocycles. The molecule has 2 rings (SSSR count). The zero-order valence-corrected chi connectivity index (χ0v) is 11.5. The van der Waals surface area contributed by atoms with E-state index in [2.05, 4.69) is 38.5 Å². The first kappa shape index (κ1) is 13.3. The van der Waals surface area contributed by atoms with Gasteiger partial charge in [-0.05, 0) is 23.8 Å². The molecule has 1 atom stereocenters. The SMILES string of the molecule is OC(CNCc1cccc(Br)c1)Cn1cccn1. The molecule has 0 bridgehead atoms. The van der Waals surface area contributed by atoms with Crippen molar-refractivity contribution in [1.82, 2.24) is 15.1 Å². The maximum atomic E-state index is 9.82. The minimum absolute atomic E-state index is 0.433. The maximum Gasteiger partial charge on any atom is 0.0860 e. The van der Waals surface area contributed by atoms with Crippen molar-refractivity contribution >= 4 is 15.9 Å². The third-order valence-electron chi connectivity index (χ3n) is 2.56. The number of aliphatic hydroxyl groups excluding tert-OH is 1. The van der Waals surface area contributed by atoms with E-state index in [0.29, 0.717) is 13.1 Å². The van der Waals surface area contributed by atoms with Gasteiger partial charge in [0.25, 0.3) is 0 Å². The first-order valence-corrected chi connectivity index (χ1v) is 6.64. The Bertz CT molecular complexity index is 473. The fourth-order valence-electron chi connectivity index (χ4n) is 1.72. The lowest BCUT2D eigenvalue weighted by molar-refractivity contribution is 0.146. The molecule has 0 spiro atoms. The smallest absolute Gasteiger partial charge is 0.0860 e. The van der Waals surface area contributed by atoms with Crippen LogP contribution in [0.4, 0.5) is 0 Å². The number of aromatic nitrogens is 2. The van der Waals surface area contributed by atoms with Gasteiger partial charge < -0.3 is 10.4 Å². The zero-order chi connectivity index (χ0) is 12.8. The molecule has 4 nitrogen and oxygen atoms in total. The second-order valence-corrected chi connectivity index (χ2v) is 5.06. The molecule has 0 aliphatic carbocycles. The molecule has 2 N–H and O–H groups in total. The molecule has 0 amide bonds. The fraction of sp³-hybridized carbons (Fsp3) is 0.308. The average molecular weight is 310 g/mol. The number of hydrogen-bond acceptors (Lipinski definition) is 3. The third-order valence-corrected chi connectivity index (χ3v) is 3.05. The average Bonchev–Trinajstić information content (AvgIpc) is 2.82. The van der Waals surface area contributed by atoms with Crippen molar-refractivity contribution in [3.8, 4) is 0 Å². The highest BCUT2D eigenvalue weighted by Gasteiger charge is 2.04. The maximum absolute atomic E-state index is 9.82. The van der Waals surface area contributed by atoms with Crippen LogP contribution in [0.25, 0.3) is 0 Å². The van der Waals surface area contributed by atoms with Gasteiger partial charge >= 0.3 is 0 Å². The molecule has 96 valence electrons. The van der Waals surface area contributed by atoms with Crippen LogP contribution in [-0.4, -0.2) is 27.5 Å². The van der Waals surface area contributed by atoms with Crippen LogP contribution < -0.4 is 5.32 Å². The third kappa shape index (κ3) is 4.25. The molecule has 1 unspecified atom stereocenters. The van der Waals surface area contributed by atoms with E-state index in [1.807, 2.05) is 24.4 Å². The van der Waals surface area contributed by atoms with Crippen molar-refractivity contribution in [3.63, 3.8) is 0 Å². The van der Waals surface area contributed by atoms with Crippen LogP contribution in [0, 0.1) is 0 Å². The molecule has 0 saturated carbocycles. The van der Waals surface area contributed by atoms with Crippen molar-refractivity contribution in [2.75, 3.05) is 6.54 Å². The Balaban J connectivity index is 1.72. The predicted molar refractivity (Wildman–Crippen MR) is 74.1 cm³/mol. The molecule has 1 aromatic heterocycles. The summed E-state index contributed by atoms with van der Waals surface area (Å²) >= 11 is 3.43. The van der Waals surface area contributed by atoms with Crippen LogP contribution in [-0.2, 0) is 13.1 Å². The van der Waals surface area contributed by atoms with Crippen molar-refractivity contribution in [2.24, 2.45) is 0 Å². The largest absolute Gasteiger partial charge is 0.390 e. The van der Waals surface area contributed by atoms with E-state index in [0.717, 1.165) is 11.0 Å². The van der Waals surface area contributed by atoms with Gasteiger partial charge in [0, 0.05) is 30.0 Å². The van der Waals surface area contributed by atoms with Gasteiger partial charge in [-0.15, -0.1) is 0 Å². The predicted octanol–water partition coefficient (Wildman–Crippen LogP) is 1.80. The van der Waals surface area contributed by atoms with Gasteiger partial charge in [-0.2, -0.15) is 5.10 Å². The summed E-state index contributed by atoms with van der Waals surface area (Å²) in [6.45, 7) is 1.81. The fourth-order valence-corrected chi connectivity index (χ4v) is 2.17. The molecule has 1 heterocycles. The molecule has 0 aliphatic rings. The summed E-state index contributed by atoms with van der Waals surface area (Å²) in [7, 11) is 0. The molecular formula is C13H16BrN3O. The molecule has 0 radical (unpaired) electrons. The Morgan fingerprint density at radius 1 is 1.39 bits per heavy atom. The van der Waals surface area contributed by atoms with E-state index in [1.165, 1.54) is 5.56 Å². The summed E-state index contributed by atoms with van der Waals surface area (Å²) < 4.78 is 2.80. The van der Waals surface area contributed by atoms with E-state index in [-0.39, 0.29) is 0 Å². The van der Waals surface area contributed by atoms with Crippen LogP contribution >= 0.6 is 15.9 Å². The van der Waals surface area contributed by atoms with Gasteiger partial charge in [-0.1, -0.05) is 28.1 Å². The number of halogens is 1. The molecular weight excluding hydrogens is 294 g/mol. The lowest BCUT2D eigenvalue weighted by atomic mass is 10.2. The highest BCUT2D eigenvalue weighted by Crippen LogP contribution is 2.11. The summed E-state index contributed by atoms with van der Waals surface area (Å²) in [6.07, 6.45) is 3.12. The van der Waals surface area contributed by atoms with E-state index in [9.17, 15) is 5.11 Å². The number of nitrogens with one attached hydrogen (secondary N) is 1. The van der Waals surface area contributed by atoms with Crippen LogP contribution in [0.5, 0.6) is 0 Å². The quantitative estimate of drug-likeness (QED) is 0.855. The van der Waals surface area contributed by atoms with Gasteiger partial charge in [0.1, 0.15) is 0 Å². The highest BCUT2D eigenvalue weighted by atomic mass is 79.9. The summed E-state index contributed by atoms with van der Waals surface area (Å²) in [4.78, 5) is 0. The van der Waals surface area contributed by atoms with Gasteiger partial charge in [-0.25, -0.2) is 0 Å². The number of aliphatic hydroxyl groups is 1. The molecule has 5 heteroatoms. The first-order chi connectivity index (χ1) is 8.74. The Kier molecular flexibility index (Phi) is 4.92. The zero-order valence-electron chi connectivity index (χ0n) is 9.96. The van der Waals surface area contributed by atoms with Crippen molar-refractivity contribution in [2.45, 2.75) is 19.2 Å². The number of hydrogen-bond donors (Lipinski definition) is 2. The van der Waals surface area contributed by atoms with Gasteiger partial charge in [-0.3, -0.25) is 4.68 Å². The lowest BCUT2D eigenvalue weighted by Crippen LogP contribution is -2.30. The number of rotatable bonds is 6. The number of benzene rings is 1. The minimum atomic E-state index is -0.433. The van der Waals surface area contributed by atoms with E-state index < -0.39 is 6.10 Å². The Hall–Kier alpha value is -1.17. The Morgan fingerprint density at radius 2 is 2.28 bits per heavy atom. The van der Waals surface area contributed by atoms with Gasteiger partial charge in [0.05, 0.1) is 12.6 Å². The van der Waals surface area contributed by atoms with E-state index in [1.54, 1.807) is 10.9 Å². The Labute approximate surface area is 115 Å². The first-order valence-electron chi connectivity index (χ1n) is 5.84. The standard InChI is InChI=1S/C13H16BrN3O/c14-12-4-1-3-11(7-12)8-15-9-13(18)10-17-6-2-5-16-17/h1-7,13,15,18H,8-10H2. The van der Waals surface area contributed by atoms with E-state index in [4.69, 9.17) is 0 Å². The van der Waals surface area contributed by atoms with Crippen LogP contribution in [0.15, 0.2) is 47.2 Å². The second kappa shape index (κ2) is 6.68. The van der Waals surface area contributed by atoms with Gasteiger partial charge in [0.15, 0.2) is 0 Å². The van der Waals surface area contributed by atoms with Crippen LogP contribution in [0.3, 0.4) is 0 Å². The molecule has 0 saturated heterocycles. The number of nitrogens with zero attached hydrogens (tertiary/aromatic N) is 2. The summed E-state index contributed by atoms with van der Waals surface area (Å²) in [5, 5.41) is 17.1. The van der Waals surface area contributed by atoms with Crippen molar-refractivity contribution < 1.29 is 5.11 Å². The summed E-state index contributed by atoms with van der Waals surface area (Å²) in [5.41, 5.74) is 1.19. The van der Waals surface area contributed by atoms with Crippen molar-refractivity contribution in [3.05, 3.63) is 52.8 Å². The van der Waals surface area contributed by atoms with Gasteiger partial charge in [0.2, 0.25) is 0 Å². The molecule has 0 fully saturated rings. The lowest BCUT2D eigenvalue weighted by Gasteiger charge is -2.12. The topological polar surface area (TPSA) is 50.1 Å². The van der Waals surface area contributed by atoms with Crippen molar-refractivity contribution in [1.29, 1.82) is 0 Å². The second-order valence-electron chi connectivity index (χ2n) is 4.14. The van der Waals surface area contributed by atoms with Crippen LogP contribution in [0.2, 0.25) is 0 Å².